The van der Waals surface area contributed by atoms with Crippen LogP contribution in [0.1, 0.15) is 0 Å². The number of hydrogen-bond acceptors (Lipinski definition) is 3. The fourth-order valence-electron chi connectivity index (χ4n) is 1.42. The predicted octanol–water partition coefficient (Wildman–Crippen LogP) is 2.32. The molecule has 0 saturated carbocycles. The summed E-state index contributed by atoms with van der Waals surface area (Å²) in [6.07, 6.45) is 0. The Morgan fingerprint density at radius 2 is 2.17 bits per heavy atom. The Bertz CT molecular complexity index is 495. The molecule has 0 aliphatic carbocycles. The molecule has 0 spiro atoms. The Labute approximate surface area is 121 Å². The van der Waals surface area contributed by atoms with Crippen molar-refractivity contribution < 1.29 is 13.2 Å². The largest absolute Gasteiger partial charge is 0.383 e. The highest BCUT2D eigenvalue weighted by molar-refractivity contribution is 9.10. The van der Waals surface area contributed by atoms with E-state index in [4.69, 9.17) is 16.3 Å². The van der Waals surface area contributed by atoms with E-state index in [1.807, 2.05) is 0 Å². The minimum atomic E-state index is -3.51. The van der Waals surface area contributed by atoms with Crippen molar-refractivity contribution in [2.24, 2.45) is 0 Å². The summed E-state index contributed by atoms with van der Waals surface area (Å²) < 4.78 is 31.3. The Morgan fingerprint density at radius 3 is 2.72 bits per heavy atom. The molecule has 18 heavy (non-hydrogen) atoms. The molecule has 4 nitrogen and oxygen atoms in total. The van der Waals surface area contributed by atoms with Crippen LogP contribution in [-0.2, 0) is 14.8 Å². The highest BCUT2D eigenvalue weighted by Crippen LogP contribution is 2.19. The minimum Gasteiger partial charge on any atom is -0.383 e. The van der Waals surface area contributed by atoms with Crippen LogP contribution in [-0.4, -0.2) is 45.4 Å². The molecule has 1 atom stereocenters. The van der Waals surface area contributed by atoms with Gasteiger partial charge < -0.3 is 4.74 Å². The first-order chi connectivity index (χ1) is 8.37. The van der Waals surface area contributed by atoms with Crippen molar-refractivity contribution in [2.45, 2.75) is 10.3 Å². The first-order valence-electron chi connectivity index (χ1n) is 5.23. The lowest BCUT2D eigenvalue weighted by Crippen LogP contribution is -2.33. The number of hydrogen-bond donors (Lipinski definition) is 0. The van der Waals surface area contributed by atoms with Gasteiger partial charge in [0.2, 0.25) is 10.0 Å². The second-order valence-corrected chi connectivity index (χ2v) is 7.37. The molecular weight excluding hydrogens is 342 g/mol. The fraction of sp³-hybridized carbons (Fsp3) is 0.455. The quantitative estimate of drug-likeness (QED) is 0.735. The number of methoxy groups -OCH3 is 1. The van der Waals surface area contributed by atoms with E-state index in [-0.39, 0.29) is 16.8 Å². The number of ether oxygens (including phenoxy) is 1. The molecule has 0 aliphatic heterocycles. The van der Waals surface area contributed by atoms with E-state index in [1.54, 1.807) is 24.3 Å². The van der Waals surface area contributed by atoms with Gasteiger partial charge in [0, 0.05) is 25.2 Å². The van der Waals surface area contributed by atoms with Crippen molar-refractivity contribution in [3.05, 3.63) is 28.7 Å². The van der Waals surface area contributed by atoms with Crippen molar-refractivity contribution in [2.75, 3.05) is 27.3 Å². The second kappa shape index (κ2) is 6.86. The number of alkyl halides is 1. The maximum Gasteiger partial charge on any atom is 0.242 e. The predicted molar refractivity (Wildman–Crippen MR) is 75.5 cm³/mol. The van der Waals surface area contributed by atoms with Crippen molar-refractivity contribution in [1.82, 2.24) is 4.31 Å². The van der Waals surface area contributed by atoms with Gasteiger partial charge in [-0.2, -0.15) is 4.31 Å². The van der Waals surface area contributed by atoms with Crippen molar-refractivity contribution in [1.29, 1.82) is 0 Å². The third-order valence-electron chi connectivity index (χ3n) is 2.31. The summed E-state index contributed by atoms with van der Waals surface area (Å²) in [6.45, 7) is 0.504. The molecular formula is C11H15BrClNO3S. The van der Waals surface area contributed by atoms with Gasteiger partial charge in [-0.15, -0.1) is 11.6 Å². The number of nitrogens with zero attached hydrogens (tertiary/aromatic N) is 1. The van der Waals surface area contributed by atoms with Crippen LogP contribution < -0.4 is 0 Å². The van der Waals surface area contributed by atoms with E-state index in [1.165, 1.54) is 18.5 Å². The zero-order valence-electron chi connectivity index (χ0n) is 10.1. The zero-order chi connectivity index (χ0) is 13.8. The zero-order valence-corrected chi connectivity index (χ0v) is 13.3. The lowest BCUT2D eigenvalue weighted by Gasteiger charge is -2.19. The molecule has 0 fully saturated rings. The number of halogens is 2. The lowest BCUT2D eigenvalue weighted by atomic mass is 10.4. The van der Waals surface area contributed by atoms with Crippen molar-refractivity contribution in [3.63, 3.8) is 0 Å². The van der Waals surface area contributed by atoms with Gasteiger partial charge in [0.25, 0.3) is 0 Å². The van der Waals surface area contributed by atoms with E-state index in [9.17, 15) is 8.42 Å². The molecule has 1 unspecified atom stereocenters. The van der Waals surface area contributed by atoms with Gasteiger partial charge >= 0.3 is 0 Å². The summed E-state index contributed by atoms with van der Waals surface area (Å²) in [5.74, 6) is 0. The van der Waals surface area contributed by atoms with Gasteiger partial charge in [0.15, 0.2) is 0 Å². The molecule has 0 saturated heterocycles. The van der Waals surface area contributed by atoms with Crippen LogP contribution in [0.15, 0.2) is 33.6 Å². The first-order valence-corrected chi connectivity index (χ1v) is 7.89. The van der Waals surface area contributed by atoms with E-state index < -0.39 is 10.0 Å². The molecule has 0 bridgehead atoms. The standard InChI is InChI=1S/C11H15BrClNO3S/c1-14(7-10(13)8-17-2)18(15,16)11-5-3-4-9(12)6-11/h3-6,10H,7-8H2,1-2H3. The molecule has 0 N–H and O–H groups in total. The summed E-state index contributed by atoms with van der Waals surface area (Å²) in [4.78, 5) is 0.237. The van der Waals surface area contributed by atoms with E-state index in [0.717, 1.165) is 4.47 Å². The molecule has 0 aromatic heterocycles. The highest BCUT2D eigenvalue weighted by Gasteiger charge is 2.23. The Kier molecular flexibility index (Phi) is 6.07. The number of rotatable bonds is 6. The topological polar surface area (TPSA) is 46.6 Å². The van der Waals surface area contributed by atoms with E-state index in [2.05, 4.69) is 15.9 Å². The van der Waals surface area contributed by atoms with E-state index in [0.29, 0.717) is 6.61 Å². The average molecular weight is 357 g/mol. The Balaban J connectivity index is 2.86. The minimum absolute atomic E-state index is 0.199. The maximum atomic E-state index is 12.2. The molecule has 0 radical (unpaired) electrons. The average Bonchev–Trinajstić information content (AvgIpc) is 2.29. The van der Waals surface area contributed by atoms with Gasteiger partial charge in [0.05, 0.1) is 16.9 Å². The smallest absolute Gasteiger partial charge is 0.242 e. The van der Waals surface area contributed by atoms with Crippen LogP contribution >= 0.6 is 27.5 Å². The Hall–Kier alpha value is -0.140. The molecule has 0 heterocycles. The molecule has 7 heteroatoms. The highest BCUT2D eigenvalue weighted by atomic mass is 79.9. The molecule has 1 aromatic rings. The fourth-order valence-corrected chi connectivity index (χ4v) is 3.65. The summed E-state index contributed by atoms with van der Waals surface area (Å²) in [5, 5.41) is -0.373. The lowest BCUT2D eigenvalue weighted by molar-refractivity contribution is 0.192. The Morgan fingerprint density at radius 1 is 1.50 bits per heavy atom. The maximum absolute atomic E-state index is 12.2. The molecule has 0 amide bonds. The van der Waals surface area contributed by atoms with Crippen molar-refractivity contribution >= 4 is 37.6 Å². The van der Waals surface area contributed by atoms with Gasteiger partial charge in [0.1, 0.15) is 0 Å². The van der Waals surface area contributed by atoms with Crippen LogP contribution in [0, 0.1) is 0 Å². The van der Waals surface area contributed by atoms with Crippen LogP contribution in [0.2, 0.25) is 0 Å². The summed E-state index contributed by atoms with van der Waals surface area (Å²) in [5.41, 5.74) is 0. The normalized spacial score (nSPS) is 13.8. The van der Waals surface area contributed by atoms with E-state index >= 15 is 0 Å². The second-order valence-electron chi connectivity index (χ2n) is 3.80. The van der Waals surface area contributed by atoms with Crippen molar-refractivity contribution in [3.8, 4) is 0 Å². The monoisotopic (exact) mass is 355 g/mol. The molecule has 0 aliphatic rings. The number of benzene rings is 1. The number of sulfonamides is 1. The summed E-state index contributed by atoms with van der Waals surface area (Å²) in [6, 6.07) is 6.56. The third-order valence-corrected chi connectivity index (χ3v) is 4.88. The van der Waals surface area contributed by atoms with Gasteiger partial charge in [-0.3, -0.25) is 0 Å². The summed E-state index contributed by atoms with van der Waals surface area (Å²) >= 11 is 9.21. The van der Waals surface area contributed by atoms with Crippen LogP contribution in [0.4, 0.5) is 0 Å². The van der Waals surface area contributed by atoms with Gasteiger partial charge in [-0.1, -0.05) is 22.0 Å². The van der Waals surface area contributed by atoms with Gasteiger partial charge in [-0.05, 0) is 18.2 Å². The van der Waals surface area contributed by atoms with Crippen LogP contribution in [0.3, 0.4) is 0 Å². The summed E-state index contributed by atoms with van der Waals surface area (Å²) in [7, 11) is -0.484. The molecule has 1 aromatic carbocycles. The van der Waals surface area contributed by atoms with Crippen LogP contribution in [0.25, 0.3) is 0 Å². The molecule has 102 valence electrons. The molecule has 1 rings (SSSR count). The van der Waals surface area contributed by atoms with Gasteiger partial charge in [-0.25, -0.2) is 8.42 Å². The third kappa shape index (κ3) is 4.20. The first kappa shape index (κ1) is 15.9. The van der Waals surface area contributed by atoms with Crippen LogP contribution in [0.5, 0.6) is 0 Å². The SMILES string of the molecule is COCC(Cl)CN(C)S(=O)(=O)c1cccc(Br)c1.